The van der Waals surface area contributed by atoms with Crippen molar-refractivity contribution in [1.82, 2.24) is 5.32 Å². The Balaban J connectivity index is 2.38. The predicted molar refractivity (Wildman–Crippen MR) is 51.4 cm³/mol. The first-order chi connectivity index (χ1) is 5.99. The van der Waals surface area contributed by atoms with Crippen molar-refractivity contribution < 1.29 is 9.53 Å². The lowest BCUT2D eigenvalue weighted by Crippen LogP contribution is -2.37. The molecule has 0 radical (unpaired) electrons. The highest BCUT2D eigenvalue weighted by atomic mass is 16.5. The van der Waals surface area contributed by atoms with Gasteiger partial charge in [-0.1, -0.05) is 13.8 Å². The quantitative estimate of drug-likeness (QED) is 0.671. The second-order valence-electron chi connectivity index (χ2n) is 4.23. The zero-order chi connectivity index (χ0) is 10.1. The summed E-state index contributed by atoms with van der Waals surface area (Å²) in [6.07, 6.45) is 0.907. The second-order valence-corrected chi connectivity index (χ2v) is 4.23. The molecule has 1 rings (SSSR count). The molecule has 1 saturated carbocycles. The largest absolute Gasteiger partial charge is 0.466 e. The van der Waals surface area contributed by atoms with Gasteiger partial charge in [0.1, 0.15) is 0 Å². The molecule has 2 unspecified atom stereocenters. The molecule has 0 aromatic rings. The number of hydrogen-bond acceptors (Lipinski definition) is 3. The molecule has 0 aromatic heterocycles. The van der Waals surface area contributed by atoms with Crippen LogP contribution in [0.15, 0.2) is 0 Å². The van der Waals surface area contributed by atoms with Crippen molar-refractivity contribution in [2.45, 2.75) is 45.7 Å². The van der Waals surface area contributed by atoms with Crippen LogP contribution in [-0.2, 0) is 9.53 Å². The van der Waals surface area contributed by atoms with Crippen molar-refractivity contribution in [3.05, 3.63) is 0 Å². The van der Waals surface area contributed by atoms with E-state index in [-0.39, 0.29) is 17.4 Å². The number of esters is 1. The van der Waals surface area contributed by atoms with Crippen LogP contribution in [0.2, 0.25) is 0 Å². The van der Waals surface area contributed by atoms with Gasteiger partial charge in [0.15, 0.2) is 0 Å². The Morgan fingerprint density at radius 1 is 1.69 bits per heavy atom. The van der Waals surface area contributed by atoms with Gasteiger partial charge in [0.05, 0.1) is 12.5 Å². The number of nitrogens with one attached hydrogen (secondary N) is 1. The number of carbonyl (C=O) groups excluding carboxylic acids is 1. The zero-order valence-electron chi connectivity index (χ0n) is 8.89. The monoisotopic (exact) mass is 185 g/mol. The van der Waals surface area contributed by atoms with E-state index in [4.69, 9.17) is 4.74 Å². The molecule has 0 bridgehead atoms. The Morgan fingerprint density at radius 3 is 2.77 bits per heavy atom. The molecule has 0 aromatic carbocycles. The van der Waals surface area contributed by atoms with E-state index in [9.17, 15) is 4.79 Å². The molecule has 1 fully saturated rings. The van der Waals surface area contributed by atoms with E-state index in [0.29, 0.717) is 12.6 Å². The maximum Gasteiger partial charge on any atom is 0.310 e. The van der Waals surface area contributed by atoms with Crippen LogP contribution in [0.4, 0.5) is 0 Å². The summed E-state index contributed by atoms with van der Waals surface area (Å²) in [6.45, 7) is 8.58. The average Bonchev–Trinajstić information content (AvgIpc) is 2.60. The van der Waals surface area contributed by atoms with E-state index in [2.05, 4.69) is 26.1 Å². The summed E-state index contributed by atoms with van der Waals surface area (Å²) in [6, 6.07) is 0.421. The molecule has 0 heterocycles. The van der Waals surface area contributed by atoms with Crippen molar-refractivity contribution in [2.24, 2.45) is 5.92 Å². The Bertz CT molecular complexity index is 203. The first kappa shape index (κ1) is 10.5. The van der Waals surface area contributed by atoms with Gasteiger partial charge in [-0.05, 0) is 20.3 Å². The van der Waals surface area contributed by atoms with Crippen LogP contribution in [0.25, 0.3) is 0 Å². The molecule has 0 saturated heterocycles. The summed E-state index contributed by atoms with van der Waals surface area (Å²) in [5, 5.41) is 3.38. The maximum absolute atomic E-state index is 11.3. The summed E-state index contributed by atoms with van der Waals surface area (Å²) < 4.78 is 4.96. The third-order valence-electron chi connectivity index (χ3n) is 2.43. The van der Waals surface area contributed by atoms with Crippen LogP contribution in [0.5, 0.6) is 0 Å². The third-order valence-corrected chi connectivity index (χ3v) is 2.43. The Labute approximate surface area is 79.8 Å². The smallest absolute Gasteiger partial charge is 0.310 e. The Morgan fingerprint density at radius 2 is 2.31 bits per heavy atom. The highest BCUT2D eigenvalue weighted by molar-refractivity contribution is 5.78. The van der Waals surface area contributed by atoms with Crippen molar-refractivity contribution in [1.29, 1.82) is 0 Å². The molecule has 3 nitrogen and oxygen atoms in total. The van der Waals surface area contributed by atoms with Gasteiger partial charge in [-0.15, -0.1) is 0 Å². The van der Waals surface area contributed by atoms with E-state index >= 15 is 0 Å². The minimum absolute atomic E-state index is 0.0135. The molecular formula is C10H19NO2. The standard InChI is InChI=1S/C10H19NO2/c1-5-13-9(12)8-6-10(8,4)11-7(2)3/h7-8,11H,5-6H2,1-4H3. The molecule has 13 heavy (non-hydrogen) atoms. The molecule has 0 aliphatic heterocycles. The van der Waals surface area contributed by atoms with Gasteiger partial charge in [0.2, 0.25) is 0 Å². The predicted octanol–water partition coefficient (Wildman–Crippen LogP) is 1.33. The number of ether oxygens (including phenoxy) is 1. The number of hydrogen-bond donors (Lipinski definition) is 1. The van der Waals surface area contributed by atoms with Crippen LogP contribution in [0, 0.1) is 5.92 Å². The van der Waals surface area contributed by atoms with E-state index in [0.717, 1.165) is 6.42 Å². The highest BCUT2D eigenvalue weighted by Gasteiger charge is 2.55. The topological polar surface area (TPSA) is 38.3 Å². The highest BCUT2D eigenvalue weighted by Crippen LogP contribution is 2.44. The van der Waals surface area contributed by atoms with E-state index < -0.39 is 0 Å². The van der Waals surface area contributed by atoms with E-state index in [1.807, 2.05) is 6.92 Å². The van der Waals surface area contributed by atoms with Crippen molar-refractivity contribution in [3.8, 4) is 0 Å². The molecule has 1 aliphatic carbocycles. The van der Waals surface area contributed by atoms with E-state index in [1.165, 1.54) is 0 Å². The van der Waals surface area contributed by atoms with Crippen LogP contribution < -0.4 is 5.32 Å². The first-order valence-corrected chi connectivity index (χ1v) is 4.94. The summed E-state index contributed by atoms with van der Waals surface area (Å²) in [4.78, 5) is 11.3. The van der Waals surface area contributed by atoms with Crippen LogP contribution in [0.3, 0.4) is 0 Å². The van der Waals surface area contributed by atoms with Gasteiger partial charge in [-0.25, -0.2) is 0 Å². The van der Waals surface area contributed by atoms with Crippen LogP contribution in [0.1, 0.15) is 34.1 Å². The fraction of sp³-hybridized carbons (Fsp3) is 0.900. The van der Waals surface area contributed by atoms with Gasteiger partial charge >= 0.3 is 5.97 Å². The Hall–Kier alpha value is -0.570. The minimum atomic E-state index is -0.0573. The molecule has 76 valence electrons. The minimum Gasteiger partial charge on any atom is -0.466 e. The molecule has 1 N–H and O–H groups in total. The lowest BCUT2D eigenvalue weighted by molar-refractivity contribution is -0.145. The summed E-state index contributed by atoms with van der Waals surface area (Å²) in [5.41, 5.74) is -0.0135. The van der Waals surface area contributed by atoms with Gasteiger partial charge in [0.25, 0.3) is 0 Å². The van der Waals surface area contributed by atoms with Crippen molar-refractivity contribution >= 4 is 5.97 Å². The number of carbonyl (C=O) groups is 1. The molecule has 0 amide bonds. The number of rotatable bonds is 4. The van der Waals surface area contributed by atoms with Gasteiger partial charge in [-0.3, -0.25) is 4.79 Å². The molecular weight excluding hydrogens is 166 g/mol. The maximum atomic E-state index is 11.3. The molecule has 2 atom stereocenters. The molecule has 1 aliphatic rings. The summed E-state index contributed by atoms with van der Waals surface area (Å²) in [5.74, 6) is 0.00741. The van der Waals surface area contributed by atoms with Crippen molar-refractivity contribution in [2.75, 3.05) is 6.61 Å². The van der Waals surface area contributed by atoms with Crippen LogP contribution in [-0.4, -0.2) is 24.2 Å². The first-order valence-electron chi connectivity index (χ1n) is 4.94. The third kappa shape index (κ3) is 2.44. The van der Waals surface area contributed by atoms with Crippen molar-refractivity contribution in [3.63, 3.8) is 0 Å². The Kier molecular flexibility index (Phi) is 2.96. The van der Waals surface area contributed by atoms with Gasteiger partial charge < -0.3 is 10.1 Å². The molecule has 3 heteroatoms. The van der Waals surface area contributed by atoms with Gasteiger partial charge in [0, 0.05) is 11.6 Å². The lowest BCUT2D eigenvalue weighted by atomic mass is 10.2. The SMILES string of the molecule is CCOC(=O)C1CC1(C)NC(C)C. The summed E-state index contributed by atoms with van der Waals surface area (Å²) >= 11 is 0. The summed E-state index contributed by atoms with van der Waals surface area (Å²) in [7, 11) is 0. The fourth-order valence-electron chi connectivity index (χ4n) is 1.77. The average molecular weight is 185 g/mol. The second kappa shape index (κ2) is 3.66. The fourth-order valence-corrected chi connectivity index (χ4v) is 1.77. The zero-order valence-corrected chi connectivity index (χ0v) is 8.89. The lowest BCUT2D eigenvalue weighted by Gasteiger charge is -2.16. The normalized spacial score (nSPS) is 31.9. The molecule has 0 spiro atoms. The van der Waals surface area contributed by atoms with Gasteiger partial charge in [-0.2, -0.15) is 0 Å². The van der Waals surface area contributed by atoms with E-state index in [1.54, 1.807) is 0 Å². The van der Waals surface area contributed by atoms with Crippen LogP contribution >= 0.6 is 0 Å².